The van der Waals surface area contributed by atoms with Crippen molar-refractivity contribution in [3.63, 3.8) is 0 Å². The summed E-state index contributed by atoms with van der Waals surface area (Å²) < 4.78 is 0. The van der Waals surface area contributed by atoms with Gasteiger partial charge in [-0.15, -0.1) is 0 Å². The van der Waals surface area contributed by atoms with Gasteiger partial charge in [-0.1, -0.05) is 73.4 Å². The SMILES string of the molecule is Cc1ccc(C)c(CC(=O)N(Cc2ccccc2)C(C)C(=O)NC2CCCCC2)c1. The number of aryl methyl sites for hydroxylation is 2. The molecule has 30 heavy (non-hydrogen) atoms. The first-order valence-corrected chi connectivity index (χ1v) is 11.1. The van der Waals surface area contributed by atoms with Crippen molar-refractivity contribution in [2.75, 3.05) is 0 Å². The van der Waals surface area contributed by atoms with Crippen molar-refractivity contribution in [3.8, 4) is 0 Å². The number of nitrogens with one attached hydrogen (secondary N) is 1. The van der Waals surface area contributed by atoms with Gasteiger partial charge in [0.25, 0.3) is 0 Å². The van der Waals surface area contributed by atoms with Gasteiger partial charge in [-0.25, -0.2) is 0 Å². The van der Waals surface area contributed by atoms with Crippen molar-refractivity contribution >= 4 is 11.8 Å². The maximum absolute atomic E-state index is 13.4. The molecule has 1 saturated carbocycles. The molecule has 1 aliphatic rings. The monoisotopic (exact) mass is 406 g/mol. The van der Waals surface area contributed by atoms with Crippen molar-refractivity contribution in [2.24, 2.45) is 0 Å². The largest absolute Gasteiger partial charge is 0.352 e. The highest BCUT2D eigenvalue weighted by atomic mass is 16.2. The molecule has 2 aromatic rings. The summed E-state index contributed by atoms with van der Waals surface area (Å²) in [7, 11) is 0. The summed E-state index contributed by atoms with van der Waals surface area (Å²) in [6, 6.07) is 15.8. The van der Waals surface area contributed by atoms with E-state index >= 15 is 0 Å². The lowest BCUT2D eigenvalue weighted by Gasteiger charge is -2.31. The second-order valence-corrected chi connectivity index (χ2v) is 8.63. The number of carbonyl (C=O) groups is 2. The molecule has 0 heterocycles. The van der Waals surface area contributed by atoms with Gasteiger partial charge in [0.1, 0.15) is 6.04 Å². The van der Waals surface area contributed by atoms with E-state index in [4.69, 9.17) is 0 Å². The Labute approximate surface area is 180 Å². The minimum Gasteiger partial charge on any atom is -0.352 e. The minimum atomic E-state index is -0.509. The van der Waals surface area contributed by atoms with E-state index in [0.29, 0.717) is 13.0 Å². The van der Waals surface area contributed by atoms with Gasteiger partial charge in [0, 0.05) is 12.6 Å². The molecule has 0 spiro atoms. The molecule has 0 saturated heterocycles. The first-order valence-electron chi connectivity index (χ1n) is 11.1. The molecule has 4 heteroatoms. The lowest BCUT2D eigenvalue weighted by molar-refractivity contribution is -0.140. The first kappa shape index (κ1) is 22.1. The third-order valence-corrected chi connectivity index (χ3v) is 6.16. The number of nitrogens with zero attached hydrogens (tertiary/aromatic N) is 1. The maximum atomic E-state index is 13.4. The van der Waals surface area contributed by atoms with Crippen LogP contribution in [0.3, 0.4) is 0 Å². The van der Waals surface area contributed by atoms with Gasteiger partial charge in [0.2, 0.25) is 11.8 Å². The number of hydrogen-bond acceptors (Lipinski definition) is 2. The van der Waals surface area contributed by atoms with Gasteiger partial charge >= 0.3 is 0 Å². The molecular formula is C26H34N2O2. The van der Waals surface area contributed by atoms with E-state index in [0.717, 1.165) is 35.1 Å². The van der Waals surface area contributed by atoms with E-state index in [1.807, 2.05) is 51.1 Å². The van der Waals surface area contributed by atoms with Crippen LogP contribution in [-0.2, 0) is 22.6 Å². The van der Waals surface area contributed by atoms with Crippen LogP contribution in [0.25, 0.3) is 0 Å². The molecule has 1 atom stereocenters. The fraction of sp³-hybridized carbons (Fsp3) is 0.462. The van der Waals surface area contributed by atoms with Crippen molar-refractivity contribution in [2.45, 2.75) is 77.9 Å². The Morgan fingerprint density at radius 2 is 1.73 bits per heavy atom. The molecule has 2 amide bonds. The predicted molar refractivity (Wildman–Crippen MR) is 121 cm³/mol. The average Bonchev–Trinajstić information content (AvgIpc) is 2.75. The zero-order chi connectivity index (χ0) is 21.5. The van der Waals surface area contributed by atoms with Crippen LogP contribution in [0, 0.1) is 13.8 Å². The molecule has 1 fully saturated rings. The summed E-state index contributed by atoms with van der Waals surface area (Å²) in [5.74, 6) is -0.0639. The zero-order valence-electron chi connectivity index (χ0n) is 18.5. The van der Waals surface area contributed by atoms with Crippen LogP contribution in [0.15, 0.2) is 48.5 Å². The maximum Gasteiger partial charge on any atom is 0.242 e. The van der Waals surface area contributed by atoms with Crippen LogP contribution >= 0.6 is 0 Å². The summed E-state index contributed by atoms with van der Waals surface area (Å²) in [5.41, 5.74) is 4.30. The van der Waals surface area contributed by atoms with E-state index in [9.17, 15) is 9.59 Å². The predicted octanol–water partition coefficient (Wildman–Crippen LogP) is 4.71. The lowest BCUT2D eigenvalue weighted by Crippen LogP contribution is -2.50. The van der Waals surface area contributed by atoms with Crippen molar-refractivity contribution in [3.05, 3.63) is 70.8 Å². The first-order chi connectivity index (χ1) is 14.4. The van der Waals surface area contributed by atoms with E-state index in [1.54, 1.807) is 4.90 Å². The van der Waals surface area contributed by atoms with Gasteiger partial charge in [-0.2, -0.15) is 0 Å². The van der Waals surface area contributed by atoms with Gasteiger partial charge in [-0.3, -0.25) is 9.59 Å². The smallest absolute Gasteiger partial charge is 0.242 e. The Morgan fingerprint density at radius 3 is 2.43 bits per heavy atom. The fourth-order valence-electron chi connectivity index (χ4n) is 4.19. The topological polar surface area (TPSA) is 49.4 Å². The Kier molecular flexibility index (Phi) is 7.67. The van der Waals surface area contributed by atoms with Gasteiger partial charge < -0.3 is 10.2 Å². The van der Waals surface area contributed by atoms with Crippen LogP contribution in [0.2, 0.25) is 0 Å². The summed E-state index contributed by atoms with van der Waals surface area (Å²) in [5, 5.41) is 3.19. The second-order valence-electron chi connectivity index (χ2n) is 8.63. The Hall–Kier alpha value is -2.62. The number of benzene rings is 2. The normalized spacial score (nSPS) is 15.4. The molecule has 2 aromatic carbocycles. The third-order valence-electron chi connectivity index (χ3n) is 6.16. The number of hydrogen-bond donors (Lipinski definition) is 1. The molecule has 1 aliphatic carbocycles. The molecular weight excluding hydrogens is 372 g/mol. The highest BCUT2D eigenvalue weighted by Crippen LogP contribution is 2.19. The van der Waals surface area contributed by atoms with Crippen LogP contribution in [-0.4, -0.2) is 28.8 Å². The fourth-order valence-corrected chi connectivity index (χ4v) is 4.19. The van der Waals surface area contributed by atoms with Crippen molar-refractivity contribution in [1.82, 2.24) is 10.2 Å². The molecule has 1 unspecified atom stereocenters. The van der Waals surface area contributed by atoms with Gasteiger partial charge in [0.15, 0.2) is 0 Å². The Morgan fingerprint density at radius 1 is 1.03 bits per heavy atom. The Bertz CT molecular complexity index is 857. The summed E-state index contributed by atoms with van der Waals surface area (Å²) >= 11 is 0. The van der Waals surface area contributed by atoms with Gasteiger partial charge in [-0.05, 0) is 50.3 Å². The highest BCUT2D eigenvalue weighted by Gasteiger charge is 2.28. The van der Waals surface area contributed by atoms with E-state index in [-0.39, 0.29) is 17.9 Å². The van der Waals surface area contributed by atoms with Crippen molar-refractivity contribution in [1.29, 1.82) is 0 Å². The van der Waals surface area contributed by atoms with Crippen molar-refractivity contribution < 1.29 is 9.59 Å². The van der Waals surface area contributed by atoms with Gasteiger partial charge in [0.05, 0.1) is 6.42 Å². The van der Waals surface area contributed by atoms with Crippen LogP contribution in [0.5, 0.6) is 0 Å². The van der Waals surface area contributed by atoms with Crippen LogP contribution in [0.1, 0.15) is 61.3 Å². The molecule has 0 radical (unpaired) electrons. The van der Waals surface area contributed by atoms with E-state index in [1.165, 1.54) is 19.3 Å². The number of carbonyl (C=O) groups excluding carboxylic acids is 2. The highest BCUT2D eigenvalue weighted by molar-refractivity contribution is 5.88. The summed E-state index contributed by atoms with van der Waals surface area (Å²) in [4.78, 5) is 28.1. The van der Waals surface area contributed by atoms with E-state index in [2.05, 4.69) is 23.5 Å². The molecule has 0 aromatic heterocycles. The quantitative estimate of drug-likeness (QED) is 0.724. The third kappa shape index (κ3) is 5.94. The number of rotatable bonds is 7. The van der Waals surface area contributed by atoms with Crippen LogP contribution < -0.4 is 5.32 Å². The molecule has 160 valence electrons. The standard InChI is InChI=1S/C26H34N2O2/c1-19-14-15-20(2)23(16-19)17-25(29)28(18-22-10-6-4-7-11-22)21(3)26(30)27-24-12-8-5-9-13-24/h4,6-7,10-11,14-16,21,24H,5,8-9,12-13,17-18H2,1-3H3,(H,27,30). The molecule has 0 aliphatic heterocycles. The second kappa shape index (κ2) is 10.4. The molecule has 4 nitrogen and oxygen atoms in total. The average molecular weight is 407 g/mol. The minimum absolute atomic E-state index is 0.0150. The van der Waals surface area contributed by atoms with E-state index < -0.39 is 6.04 Å². The Balaban J connectivity index is 1.77. The summed E-state index contributed by atoms with van der Waals surface area (Å²) in [6.07, 6.45) is 5.95. The summed E-state index contributed by atoms with van der Waals surface area (Å²) in [6.45, 7) is 6.35. The lowest BCUT2D eigenvalue weighted by atomic mass is 9.95. The molecule has 1 N–H and O–H groups in total. The number of amides is 2. The van der Waals surface area contributed by atoms with Crippen LogP contribution in [0.4, 0.5) is 0 Å². The zero-order valence-corrected chi connectivity index (χ0v) is 18.5. The molecule has 0 bridgehead atoms. The molecule has 3 rings (SSSR count).